The van der Waals surface area contributed by atoms with E-state index in [-0.39, 0.29) is 5.91 Å². The molecule has 1 saturated heterocycles. The highest BCUT2D eigenvalue weighted by Crippen LogP contribution is 2.33. The van der Waals surface area contributed by atoms with Gasteiger partial charge in [0.2, 0.25) is 5.91 Å². The minimum atomic E-state index is 0.240. The third kappa shape index (κ3) is 3.79. The molecule has 0 aliphatic carbocycles. The maximum absolute atomic E-state index is 12.7. The molecule has 3 aromatic rings. The largest absolute Gasteiger partial charge is 0.341 e. The summed E-state index contributed by atoms with van der Waals surface area (Å²) in [7, 11) is 0. The normalized spacial score (nSPS) is 17.6. The van der Waals surface area contributed by atoms with Crippen LogP contribution >= 0.6 is 23.1 Å². The molecule has 5 heteroatoms. The number of carbonyl (C=O) groups is 1. The molecular formula is C21H22N2OS2. The summed E-state index contributed by atoms with van der Waals surface area (Å²) in [5.74, 6) is 1.12. The van der Waals surface area contributed by atoms with Gasteiger partial charge in [-0.15, -0.1) is 23.1 Å². The monoisotopic (exact) mass is 382 g/mol. The number of amides is 1. The van der Waals surface area contributed by atoms with Crippen molar-refractivity contribution in [1.82, 2.24) is 9.88 Å². The van der Waals surface area contributed by atoms with Gasteiger partial charge in [-0.25, -0.2) is 4.98 Å². The summed E-state index contributed by atoms with van der Waals surface area (Å²) in [5, 5.41) is 1.18. The van der Waals surface area contributed by atoms with E-state index in [1.54, 1.807) is 23.1 Å². The summed E-state index contributed by atoms with van der Waals surface area (Å²) >= 11 is 3.42. The van der Waals surface area contributed by atoms with E-state index in [0.717, 1.165) is 31.4 Å². The predicted octanol–water partition coefficient (Wildman–Crippen LogP) is 5.10. The molecule has 1 atom stereocenters. The SMILES string of the molecule is Cc1ccccc1SCC(=O)N1CCC[C@@H](c2nc3ccccc3s2)C1. The van der Waals surface area contributed by atoms with Crippen LogP contribution in [0.25, 0.3) is 10.2 Å². The highest BCUT2D eigenvalue weighted by atomic mass is 32.2. The Morgan fingerprint density at radius 3 is 2.88 bits per heavy atom. The van der Waals surface area contributed by atoms with Crippen molar-refractivity contribution >= 4 is 39.2 Å². The zero-order valence-electron chi connectivity index (χ0n) is 14.9. The Kier molecular flexibility index (Phi) is 5.27. The molecule has 1 fully saturated rings. The minimum Gasteiger partial charge on any atom is -0.341 e. The number of rotatable bonds is 4. The molecular weight excluding hydrogens is 360 g/mol. The standard InChI is InChI=1S/C21H22N2OS2/c1-15-7-2-4-10-18(15)25-14-20(24)23-12-6-8-16(13-23)21-22-17-9-3-5-11-19(17)26-21/h2-5,7,9-11,16H,6,8,12-14H2,1H3/t16-/m1/s1. The second-order valence-electron chi connectivity index (χ2n) is 6.75. The van der Waals surface area contributed by atoms with Crippen LogP contribution < -0.4 is 0 Å². The van der Waals surface area contributed by atoms with E-state index in [4.69, 9.17) is 4.98 Å². The number of thiazole rings is 1. The molecule has 0 bridgehead atoms. The molecule has 4 rings (SSSR count). The maximum Gasteiger partial charge on any atom is 0.232 e. The quantitative estimate of drug-likeness (QED) is 0.588. The lowest BCUT2D eigenvalue weighted by Crippen LogP contribution is -2.40. The number of thioether (sulfide) groups is 1. The first-order chi connectivity index (χ1) is 12.7. The van der Waals surface area contributed by atoms with Gasteiger partial charge in [-0.2, -0.15) is 0 Å². The third-order valence-electron chi connectivity index (χ3n) is 4.88. The molecule has 1 aliphatic heterocycles. The van der Waals surface area contributed by atoms with E-state index in [2.05, 4.69) is 37.3 Å². The number of hydrogen-bond acceptors (Lipinski definition) is 4. The molecule has 0 unspecified atom stereocenters. The summed E-state index contributed by atoms with van der Waals surface area (Å²) in [6, 6.07) is 16.5. The number of carbonyl (C=O) groups excluding carboxylic acids is 1. The molecule has 2 aromatic carbocycles. The van der Waals surface area contributed by atoms with Crippen LogP contribution in [0.2, 0.25) is 0 Å². The molecule has 0 spiro atoms. The van der Waals surface area contributed by atoms with Crippen LogP contribution in [0.15, 0.2) is 53.4 Å². The van der Waals surface area contributed by atoms with E-state index in [0.29, 0.717) is 11.7 Å². The maximum atomic E-state index is 12.7. The summed E-state index contributed by atoms with van der Waals surface area (Å²) < 4.78 is 1.24. The molecule has 26 heavy (non-hydrogen) atoms. The topological polar surface area (TPSA) is 33.2 Å². The van der Waals surface area contributed by atoms with Crippen molar-refractivity contribution in [3.05, 3.63) is 59.1 Å². The van der Waals surface area contributed by atoms with E-state index < -0.39 is 0 Å². The number of likely N-dealkylation sites (tertiary alicyclic amines) is 1. The average molecular weight is 383 g/mol. The molecule has 2 heterocycles. The van der Waals surface area contributed by atoms with Crippen LogP contribution in [0.5, 0.6) is 0 Å². The Morgan fingerprint density at radius 1 is 1.23 bits per heavy atom. The molecule has 0 N–H and O–H groups in total. The van der Waals surface area contributed by atoms with Crippen molar-refractivity contribution in [2.75, 3.05) is 18.8 Å². The van der Waals surface area contributed by atoms with Crippen molar-refractivity contribution < 1.29 is 4.79 Å². The van der Waals surface area contributed by atoms with E-state index in [1.807, 2.05) is 23.1 Å². The molecule has 1 amide bonds. The Hall–Kier alpha value is -1.85. The van der Waals surface area contributed by atoms with Crippen LogP contribution in [0.3, 0.4) is 0 Å². The van der Waals surface area contributed by atoms with Crippen LogP contribution in [0.4, 0.5) is 0 Å². The number of hydrogen-bond donors (Lipinski definition) is 0. The van der Waals surface area contributed by atoms with E-state index >= 15 is 0 Å². The van der Waals surface area contributed by atoms with Crippen molar-refractivity contribution in [3.63, 3.8) is 0 Å². The first kappa shape index (κ1) is 17.6. The molecule has 3 nitrogen and oxygen atoms in total. The van der Waals surface area contributed by atoms with Gasteiger partial charge in [0.05, 0.1) is 21.0 Å². The van der Waals surface area contributed by atoms with Crippen LogP contribution in [-0.2, 0) is 4.79 Å². The average Bonchev–Trinajstić information content (AvgIpc) is 3.11. The van der Waals surface area contributed by atoms with Gasteiger partial charge in [-0.3, -0.25) is 4.79 Å². The van der Waals surface area contributed by atoms with Crippen molar-refractivity contribution in [1.29, 1.82) is 0 Å². The predicted molar refractivity (Wildman–Crippen MR) is 110 cm³/mol. The summed E-state index contributed by atoms with van der Waals surface area (Å²) in [6.45, 7) is 3.76. The Morgan fingerprint density at radius 2 is 2.04 bits per heavy atom. The number of aryl methyl sites for hydroxylation is 1. The molecule has 1 aliphatic rings. The van der Waals surface area contributed by atoms with Crippen molar-refractivity contribution in [2.24, 2.45) is 0 Å². The Bertz CT molecular complexity index is 888. The summed E-state index contributed by atoms with van der Waals surface area (Å²) in [5.41, 5.74) is 2.31. The fourth-order valence-corrected chi connectivity index (χ4v) is 5.44. The van der Waals surface area contributed by atoms with Gasteiger partial charge in [-0.1, -0.05) is 30.3 Å². The highest BCUT2D eigenvalue weighted by Gasteiger charge is 2.26. The van der Waals surface area contributed by atoms with Gasteiger partial charge in [0.15, 0.2) is 0 Å². The zero-order chi connectivity index (χ0) is 17.9. The molecule has 0 saturated carbocycles. The zero-order valence-corrected chi connectivity index (χ0v) is 16.5. The van der Waals surface area contributed by atoms with E-state index in [9.17, 15) is 4.79 Å². The fraction of sp³-hybridized carbons (Fsp3) is 0.333. The minimum absolute atomic E-state index is 0.240. The van der Waals surface area contributed by atoms with Crippen molar-refractivity contribution in [3.8, 4) is 0 Å². The number of fused-ring (bicyclic) bond motifs is 1. The second kappa shape index (κ2) is 7.80. The smallest absolute Gasteiger partial charge is 0.232 e. The fourth-order valence-electron chi connectivity index (χ4n) is 3.42. The number of piperidine rings is 1. The van der Waals surface area contributed by atoms with E-state index in [1.165, 1.54) is 20.2 Å². The first-order valence-electron chi connectivity index (χ1n) is 9.02. The lowest BCUT2D eigenvalue weighted by atomic mass is 9.99. The lowest BCUT2D eigenvalue weighted by Gasteiger charge is -2.31. The Labute approximate surface area is 162 Å². The van der Waals surface area contributed by atoms with Crippen LogP contribution in [0, 0.1) is 6.92 Å². The molecule has 0 radical (unpaired) electrons. The summed E-state index contributed by atoms with van der Waals surface area (Å²) in [4.78, 5) is 20.8. The summed E-state index contributed by atoms with van der Waals surface area (Å²) in [6.07, 6.45) is 2.18. The van der Waals surface area contributed by atoms with Gasteiger partial charge in [0.25, 0.3) is 0 Å². The van der Waals surface area contributed by atoms with Gasteiger partial charge < -0.3 is 4.90 Å². The number of aromatic nitrogens is 1. The molecule has 1 aromatic heterocycles. The third-order valence-corrected chi connectivity index (χ3v) is 7.24. The number of benzene rings is 2. The van der Waals surface area contributed by atoms with Gasteiger partial charge >= 0.3 is 0 Å². The molecule has 134 valence electrons. The lowest BCUT2D eigenvalue weighted by molar-refractivity contribution is -0.129. The Balaban J connectivity index is 1.41. The van der Waals surface area contributed by atoms with Gasteiger partial charge in [0.1, 0.15) is 0 Å². The van der Waals surface area contributed by atoms with Crippen molar-refractivity contribution in [2.45, 2.75) is 30.6 Å². The van der Waals surface area contributed by atoms with Crippen LogP contribution in [0.1, 0.15) is 29.3 Å². The first-order valence-corrected chi connectivity index (χ1v) is 10.8. The van der Waals surface area contributed by atoms with Gasteiger partial charge in [0, 0.05) is 23.9 Å². The van der Waals surface area contributed by atoms with Crippen LogP contribution in [-0.4, -0.2) is 34.6 Å². The van der Waals surface area contributed by atoms with Gasteiger partial charge in [-0.05, 0) is 43.5 Å². The highest BCUT2D eigenvalue weighted by molar-refractivity contribution is 8.00. The number of nitrogens with zero attached hydrogens (tertiary/aromatic N) is 2. The second-order valence-corrected chi connectivity index (χ2v) is 8.83. The number of para-hydroxylation sites is 1.